The molecule has 3 nitrogen and oxygen atoms in total. The largest absolute Gasteiger partial charge is 0.508 e. The van der Waals surface area contributed by atoms with E-state index in [2.05, 4.69) is 53.7 Å². The smallest absolute Gasteiger partial charge is 0.119 e. The van der Waals surface area contributed by atoms with Crippen molar-refractivity contribution in [2.45, 2.75) is 105 Å². The van der Waals surface area contributed by atoms with Crippen LogP contribution in [0, 0.1) is 28.6 Å². The van der Waals surface area contributed by atoms with Gasteiger partial charge in [0.25, 0.3) is 0 Å². The van der Waals surface area contributed by atoms with Crippen LogP contribution in [0.4, 0.5) is 0 Å². The first-order valence-electron chi connectivity index (χ1n) is 13.4. The molecular formula is C31H48O3. The van der Waals surface area contributed by atoms with E-state index in [1.807, 2.05) is 0 Å². The first-order chi connectivity index (χ1) is 15.9. The van der Waals surface area contributed by atoms with E-state index in [9.17, 15) is 15.3 Å². The van der Waals surface area contributed by atoms with Gasteiger partial charge in [0.2, 0.25) is 0 Å². The lowest BCUT2D eigenvalue weighted by Crippen LogP contribution is -2.49. The molecule has 3 N–H and O–H groups in total. The predicted molar refractivity (Wildman–Crippen MR) is 142 cm³/mol. The maximum Gasteiger partial charge on any atom is 0.119 e. The van der Waals surface area contributed by atoms with Gasteiger partial charge in [-0.25, -0.2) is 0 Å². The van der Waals surface area contributed by atoms with Gasteiger partial charge in [-0.1, -0.05) is 57.4 Å². The fourth-order valence-electron chi connectivity index (χ4n) is 7.08. The molecule has 2 aliphatic carbocycles. The molecule has 1 fully saturated rings. The lowest BCUT2D eigenvalue weighted by atomic mass is 9.48. The van der Waals surface area contributed by atoms with E-state index in [0.717, 1.165) is 31.2 Å². The van der Waals surface area contributed by atoms with Crippen molar-refractivity contribution in [3.8, 4) is 11.5 Å². The Kier molecular flexibility index (Phi) is 8.61. The maximum absolute atomic E-state index is 11.2. The van der Waals surface area contributed by atoms with Crippen LogP contribution in [0.15, 0.2) is 41.5 Å². The van der Waals surface area contributed by atoms with Crippen LogP contribution >= 0.6 is 0 Å². The zero-order chi connectivity index (χ0) is 25.1. The Morgan fingerprint density at radius 3 is 2.65 bits per heavy atom. The summed E-state index contributed by atoms with van der Waals surface area (Å²) in [5.41, 5.74) is 4.22. The molecular weight excluding hydrogens is 420 g/mol. The fraction of sp³-hybridized carbons (Fsp3) is 0.677. The number of aliphatic hydroxyl groups excluding tert-OH is 1. The number of rotatable bonds is 9. The molecule has 190 valence electrons. The summed E-state index contributed by atoms with van der Waals surface area (Å²) < 4.78 is 0. The molecule has 2 aliphatic rings. The SMILES string of the molecule is CC(=CCc1cc(O)ccc1O)CCCC(C)C(O)CC1C(C)=CCC2C(C)(C)CCCC12C. The predicted octanol–water partition coefficient (Wildman–Crippen LogP) is 7.94. The molecule has 0 aliphatic heterocycles. The molecule has 5 atom stereocenters. The van der Waals surface area contributed by atoms with Gasteiger partial charge < -0.3 is 15.3 Å². The van der Waals surface area contributed by atoms with E-state index in [0.29, 0.717) is 29.1 Å². The molecule has 0 bridgehead atoms. The summed E-state index contributed by atoms with van der Waals surface area (Å²) in [6, 6.07) is 4.66. The molecule has 0 heterocycles. The van der Waals surface area contributed by atoms with Crippen molar-refractivity contribution < 1.29 is 15.3 Å². The number of phenolic OH excluding ortho intramolecular Hbond substituents is 2. The summed E-state index contributed by atoms with van der Waals surface area (Å²) in [7, 11) is 0. The zero-order valence-electron chi connectivity index (χ0n) is 22.4. The number of phenols is 2. The quantitative estimate of drug-likeness (QED) is 0.254. The molecule has 3 rings (SSSR count). The standard InChI is InChI=1S/C31H48O3/c1-21(11-13-24-19-25(32)14-15-27(24)33)9-7-10-23(3)28(34)20-26-22(2)12-16-29-30(4,5)17-8-18-31(26,29)6/h11-12,14-15,19,23,26,28-29,32-34H,7-10,13,16-18,20H2,1-6H3. The van der Waals surface area contributed by atoms with Gasteiger partial charge in [0.15, 0.2) is 0 Å². The lowest BCUT2D eigenvalue weighted by Gasteiger charge is -2.57. The molecule has 0 amide bonds. The highest BCUT2D eigenvalue weighted by Crippen LogP contribution is 2.60. The monoisotopic (exact) mass is 468 g/mol. The van der Waals surface area contributed by atoms with Gasteiger partial charge in [-0.3, -0.25) is 0 Å². The maximum atomic E-state index is 11.2. The molecule has 0 saturated heterocycles. The third-order valence-electron chi connectivity index (χ3n) is 9.40. The summed E-state index contributed by atoms with van der Waals surface area (Å²) in [5, 5.41) is 30.8. The fourth-order valence-corrected chi connectivity index (χ4v) is 7.08. The van der Waals surface area contributed by atoms with E-state index in [1.165, 1.54) is 49.0 Å². The normalized spacial score (nSPS) is 28.7. The van der Waals surface area contributed by atoms with Crippen molar-refractivity contribution in [1.82, 2.24) is 0 Å². The average molecular weight is 469 g/mol. The Labute approximate surface area is 208 Å². The van der Waals surface area contributed by atoms with E-state index >= 15 is 0 Å². The van der Waals surface area contributed by atoms with Crippen LogP contribution in [-0.4, -0.2) is 21.4 Å². The van der Waals surface area contributed by atoms with Gasteiger partial charge in [0.05, 0.1) is 6.10 Å². The third kappa shape index (κ3) is 6.08. The highest BCUT2D eigenvalue weighted by Gasteiger charge is 2.52. The summed E-state index contributed by atoms with van der Waals surface area (Å²) in [4.78, 5) is 0. The highest BCUT2D eigenvalue weighted by molar-refractivity contribution is 5.39. The Morgan fingerprint density at radius 2 is 1.91 bits per heavy atom. The van der Waals surface area contributed by atoms with Gasteiger partial charge in [0.1, 0.15) is 11.5 Å². The van der Waals surface area contributed by atoms with Crippen LogP contribution in [0.25, 0.3) is 0 Å². The van der Waals surface area contributed by atoms with Crippen molar-refractivity contribution in [1.29, 1.82) is 0 Å². The molecule has 0 spiro atoms. The highest BCUT2D eigenvalue weighted by atomic mass is 16.3. The Bertz CT molecular complexity index is 896. The van der Waals surface area contributed by atoms with E-state index in [4.69, 9.17) is 0 Å². The Hall–Kier alpha value is -1.74. The van der Waals surface area contributed by atoms with Gasteiger partial charge in [-0.15, -0.1) is 0 Å². The molecule has 1 saturated carbocycles. The first kappa shape index (κ1) is 26.9. The Morgan fingerprint density at radius 1 is 1.18 bits per heavy atom. The summed E-state index contributed by atoms with van der Waals surface area (Å²) in [5.74, 6) is 1.89. The molecule has 1 aromatic rings. The van der Waals surface area contributed by atoms with E-state index < -0.39 is 0 Å². The van der Waals surface area contributed by atoms with Gasteiger partial charge in [-0.05, 0) is 112 Å². The van der Waals surface area contributed by atoms with E-state index in [1.54, 1.807) is 6.07 Å². The van der Waals surface area contributed by atoms with Crippen LogP contribution in [0.1, 0.15) is 98.5 Å². The minimum absolute atomic E-state index is 0.182. The lowest BCUT2D eigenvalue weighted by molar-refractivity contribution is -0.0541. The number of aromatic hydroxyl groups is 2. The molecule has 0 aromatic heterocycles. The number of hydrogen-bond acceptors (Lipinski definition) is 3. The molecule has 5 unspecified atom stereocenters. The second kappa shape index (κ2) is 10.9. The number of aliphatic hydroxyl groups is 1. The van der Waals surface area contributed by atoms with Crippen molar-refractivity contribution in [3.63, 3.8) is 0 Å². The van der Waals surface area contributed by atoms with Crippen LogP contribution < -0.4 is 0 Å². The summed E-state index contributed by atoms with van der Waals surface area (Å²) in [6.07, 6.45) is 14.0. The zero-order valence-corrected chi connectivity index (χ0v) is 22.4. The number of fused-ring (bicyclic) bond motifs is 1. The summed E-state index contributed by atoms with van der Waals surface area (Å²) >= 11 is 0. The van der Waals surface area contributed by atoms with Gasteiger partial charge in [0, 0.05) is 5.56 Å². The van der Waals surface area contributed by atoms with Crippen LogP contribution in [0.3, 0.4) is 0 Å². The molecule has 3 heteroatoms. The second-order valence-electron chi connectivity index (χ2n) is 12.4. The minimum atomic E-state index is -0.262. The third-order valence-corrected chi connectivity index (χ3v) is 9.40. The van der Waals surface area contributed by atoms with Crippen molar-refractivity contribution in [3.05, 3.63) is 47.1 Å². The molecule has 0 radical (unpaired) electrons. The van der Waals surface area contributed by atoms with Crippen molar-refractivity contribution >= 4 is 0 Å². The Balaban J connectivity index is 1.52. The number of hydrogen-bond donors (Lipinski definition) is 3. The van der Waals surface area contributed by atoms with Crippen molar-refractivity contribution in [2.75, 3.05) is 0 Å². The molecule has 1 aromatic carbocycles. The van der Waals surface area contributed by atoms with Gasteiger partial charge in [-0.2, -0.15) is 0 Å². The topological polar surface area (TPSA) is 60.7 Å². The molecule has 34 heavy (non-hydrogen) atoms. The number of allylic oxidation sites excluding steroid dienone is 4. The van der Waals surface area contributed by atoms with Crippen LogP contribution in [0.5, 0.6) is 11.5 Å². The van der Waals surface area contributed by atoms with Gasteiger partial charge >= 0.3 is 0 Å². The summed E-state index contributed by atoms with van der Waals surface area (Å²) in [6.45, 7) is 14.1. The second-order valence-corrected chi connectivity index (χ2v) is 12.4. The number of benzene rings is 1. The van der Waals surface area contributed by atoms with Crippen molar-refractivity contribution in [2.24, 2.45) is 28.6 Å². The van der Waals surface area contributed by atoms with Crippen LogP contribution in [0.2, 0.25) is 0 Å². The van der Waals surface area contributed by atoms with Crippen LogP contribution in [-0.2, 0) is 6.42 Å². The average Bonchev–Trinajstić information content (AvgIpc) is 2.76. The minimum Gasteiger partial charge on any atom is -0.508 e. The first-order valence-corrected chi connectivity index (χ1v) is 13.4. The van der Waals surface area contributed by atoms with E-state index in [-0.39, 0.29) is 23.5 Å².